The summed E-state index contributed by atoms with van der Waals surface area (Å²) >= 11 is 0. The molecule has 0 aliphatic heterocycles. The summed E-state index contributed by atoms with van der Waals surface area (Å²) in [7, 11) is -4.78. The monoisotopic (exact) mass is 537 g/mol. The van der Waals surface area contributed by atoms with Crippen LogP contribution in [-0.2, 0) is 19.1 Å². The van der Waals surface area contributed by atoms with Crippen LogP contribution in [0.25, 0.3) is 11.1 Å². The minimum atomic E-state index is -3.66. The maximum absolute atomic E-state index is 12.8. The molecule has 2 aromatic rings. The number of carbonyl (C=O) groups is 1. The van der Waals surface area contributed by atoms with Crippen LogP contribution in [0.5, 0.6) is 0 Å². The maximum Gasteiger partial charge on any atom is 0.255 e. The van der Waals surface area contributed by atoms with Gasteiger partial charge >= 0.3 is 0 Å². The Bertz CT molecular complexity index is 1350. The number of unbranched alkanes of at least 4 members (excludes halogenated alkanes) is 1. The number of rotatable bonds is 11. The van der Waals surface area contributed by atoms with E-state index in [1.165, 1.54) is 4.31 Å². The molecule has 0 spiro atoms. The Hall–Kier alpha value is -2.42. The van der Waals surface area contributed by atoms with Crippen LogP contribution in [0.4, 0.5) is 5.82 Å². The van der Waals surface area contributed by atoms with E-state index < -0.39 is 17.4 Å². The number of amides is 1. The minimum absolute atomic E-state index is 0.125. The van der Waals surface area contributed by atoms with Gasteiger partial charge in [-0.3, -0.25) is 13.7 Å². The highest BCUT2D eigenvalue weighted by Gasteiger charge is 2.29. The van der Waals surface area contributed by atoms with Gasteiger partial charge in [0.25, 0.3) is 5.91 Å². The van der Waals surface area contributed by atoms with Crippen molar-refractivity contribution >= 4 is 40.2 Å². The Morgan fingerprint density at radius 1 is 1.33 bits per heavy atom. The zero-order valence-corrected chi connectivity index (χ0v) is 23.5. The highest BCUT2D eigenvalue weighted by molar-refractivity contribution is 7.92. The molecule has 1 aliphatic rings. The summed E-state index contributed by atoms with van der Waals surface area (Å²) in [5.41, 5.74) is 2.38. The Morgan fingerprint density at radius 3 is 2.64 bits per heavy atom. The maximum atomic E-state index is 12.8. The van der Waals surface area contributed by atoms with Gasteiger partial charge in [-0.1, -0.05) is 23.8 Å². The van der Waals surface area contributed by atoms with Crippen molar-refractivity contribution < 1.29 is 26.7 Å². The number of hydrogen-bond donors (Lipinski definition) is 1. The van der Waals surface area contributed by atoms with E-state index >= 15 is 0 Å². The van der Waals surface area contributed by atoms with E-state index in [-0.39, 0.29) is 29.9 Å². The van der Waals surface area contributed by atoms with Crippen molar-refractivity contribution in [3.05, 3.63) is 46.8 Å². The molecule has 0 fully saturated rings. The molecule has 9 nitrogen and oxygen atoms in total. The van der Waals surface area contributed by atoms with Crippen LogP contribution in [0, 0.1) is 6.92 Å². The average molecular weight is 538 g/mol. The smallest absolute Gasteiger partial charge is 0.255 e. The first-order valence-corrected chi connectivity index (χ1v) is 16.2. The predicted octanol–water partition coefficient (Wildman–Crippen LogP) is 4.98. The van der Waals surface area contributed by atoms with Crippen LogP contribution in [0.1, 0.15) is 60.7 Å². The van der Waals surface area contributed by atoms with Crippen LogP contribution >= 0.6 is 7.37 Å². The molecule has 3 rings (SSSR count). The highest BCUT2D eigenvalue weighted by Crippen LogP contribution is 2.43. The fraction of sp³-hybridized carbons (Fsp3) is 0.520. The fourth-order valence-corrected chi connectivity index (χ4v) is 6.78. The molecule has 1 N–H and O–H groups in total. The summed E-state index contributed by atoms with van der Waals surface area (Å²) in [5.74, 6) is 0.359. The van der Waals surface area contributed by atoms with Crippen LogP contribution in [0.3, 0.4) is 0 Å². The third kappa shape index (κ3) is 6.47. The second kappa shape index (κ2) is 11.3. The molecule has 1 amide bonds. The molecule has 11 heteroatoms. The largest absolute Gasteiger partial charge is 0.441 e. The Labute approximate surface area is 213 Å². The van der Waals surface area contributed by atoms with E-state index in [0.717, 1.165) is 11.8 Å². The van der Waals surface area contributed by atoms with Gasteiger partial charge in [0.2, 0.25) is 15.7 Å². The number of aromatic nitrogens is 1. The Morgan fingerprint density at radius 2 is 2.06 bits per heavy atom. The van der Waals surface area contributed by atoms with Crippen LogP contribution < -0.4 is 9.62 Å². The first kappa shape index (κ1) is 28.2. The Balaban J connectivity index is 1.98. The van der Waals surface area contributed by atoms with E-state index in [1.54, 1.807) is 33.6 Å². The number of nitrogens with one attached hydrogen (secondary N) is 1. The average Bonchev–Trinajstić information content (AvgIpc) is 3.16. The lowest BCUT2D eigenvalue weighted by Crippen LogP contribution is -2.32. The summed E-state index contributed by atoms with van der Waals surface area (Å²) < 4.78 is 50.5. The minimum Gasteiger partial charge on any atom is -0.441 e. The van der Waals surface area contributed by atoms with E-state index in [0.29, 0.717) is 54.3 Å². The van der Waals surface area contributed by atoms with Crippen molar-refractivity contribution in [3.8, 4) is 0 Å². The molecule has 0 saturated heterocycles. The third-order valence-corrected chi connectivity index (χ3v) is 9.25. The van der Waals surface area contributed by atoms with Crippen molar-refractivity contribution in [1.82, 2.24) is 10.3 Å². The lowest BCUT2D eigenvalue weighted by Gasteiger charge is -2.23. The fourth-order valence-electron chi connectivity index (χ4n) is 4.35. The van der Waals surface area contributed by atoms with Crippen molar-refractivity contribution in [3.63, 3.8) is 0 Å². The predicted molar refractivity (Wildman–Crippen MR) is 144 cm³/mol. The molecular formula is C25H36N3O6PS. The number of carbonyl (C=O) groups excluding carboxylic acids is 1. The van der Waals surface area contributed by atoms with Crippen molar-refractivity contribution in [1.29, 1.82) is 0 Å². The van der Waals surface area contributed by atoms with Gasteiger partial charge in [0.15, 0.2) is 7.37 Å². The van der Waals surface area contributed by atoms with E-state index in [4.69, 9.17) is 8.94 Å². The number of hydrogen-bond acceptors (Lipinski definition) is 7. The van der Waals surface area contributed by atoms with E-state index in [2.05, 4.69) is 16.4 Å². The summed E-state index contributed by atoms with van der Waals surface area (Å²) in [6.07, 6.45) is 9.32. The van der Waals surface area contributed by atoms with Crippen LogP contribution in [0.2, 0.25) is 0 Å². The summed E-state index contributed by atoms with van der Waals surface area (Å²) in [5, 5.41) is 3.22. The summed E-state index contributed by atoms with van der Waals surface area (Å²) in [4.78, 5) is 17.4. The van der Waals surface area contributed by atoms with E-state index in [9.17, 15) is 17.8 Å². The van der Waals surface area contributed by atoms with Crippen molar-refractivity contribution in [2.24, 2.45) is 0 Å². The first-order valence-electron chi connectivity index (χ1n) is 12.1. The molecule has 2 unspecified atom stereocenters. The lowest BCUT2D eigenvalue weighted by atomic mass is 9.92. The highest BCUT2D eigenvalue weighted by atomic mass is 32.2. The second-order valence-corrected chi connectivity index (χ2v) is 13.9. The summed E-state index contributed by atoms with van der Waals surface area (Å²) in [6, 6.07) is 1.76. The molecule has 1 aliphatic carbocycles. The number of fused-ring (bicyclic) bond motifs is 1. The number of anilines is 1. The first-order chi connectivity index (χ1) is 16.9. The van der Waals surface area contributed by atoms with Crippen molar-refractivity contribution in [2.45, 2.75) is 46.0 Å². The molecule has 2 aromatic heterocycles. The van der Waals surface area contributed by atoms with Gasteiger partial charge in [0.1, 0.15) is 11.6 Å². The molecule has 2 heterocycles. The molecule has 0 aromatic carbocycles. The topological polar surface area (TPSA) is 119 Å². The molecule has 0 bridgehead atoms. The third-order valence-electron chi connectivity index (χ3n) is 6.16. The lowest BCUT2D eigenvalue weighted by molar-refractivity contribution is 0.0962. The second-order valence-electron chi connectivity index (χ2n) is 9.25. The van der Waals surface area contributed by atoms with E-state index in [1.807, 2.05) is 19.1 Å². The SMILES string of the molecule is CCOP(C)(=O)CCCCN(c1nc2oc(C3C=CC(C)=CC3)c(C(=O)NC)c2cc1C)S(C)(=O)=O. The molecule has 2 atom stereocenters. The zero-order valence-electron chi connectivity index (χ0n) is 21.8. The molecule has 198 valence electrons. The normalized spacial score (nSPS) is 17.6. The van der Waals surface area contributed by atoms with Crippen LogP contribution in [-0.4, -0.2) is 58.6 Å². The molecule has 0 radical (unpaired) electrons. The Kier molecular flexibility index (Phi) is 8.85. The number of sulfonamides is 1. The van der Waals surface area contributed by atoms with Gasteiger partial charge < -0.3 is 14.3 Å². The van der Waals surface area contributed by atoms with Gasteiger partial charge in [-0.05, 0) is 51.7 Å². The molecule has 0 saturated carbocycles. The van der Waals surface area contributed by atoms with Gasteiger partial charge in [-0.2, -0.15) is 4.98 Å². The zero-order chi connectivity index (χ0) is 26.7. The van der Waals surface area contributed by atoms with Gasteiger partial charge in [-0.25, -0.2) is 8.42 Å². The summed E-state index contributed by atoms with van der Waals surface area (Å²) in [6.45, 7) is 7.73. The number of furan rings is 1. The molecule has 36 heavy (non-hydrogen) atoms. The molecular weight excluding hydrogens is 501 g/mol. The van der Waals surface area contributed by atoms with Gasteiger partial charge in [0, 0.05) is 32.3 Å². The van der Waals surface area contributed by atoms with Crippen molar-refractivity contribution in [2.75, 3.05) is 43.6 Å². The number of aryl methyl sites for hydroxylation is 1. The number of nitrogens with zero attached hydrogens (tertiary/aromatic N) is 2. The van der Waals surface area contributed by atoms with Gasteiger partial charge in [0.05, 0.1) is 23.8 Å². The van der Waals surface area contributed by atoms with Crippen LogP contribution in [0.15, 0.2) is 34.3 Å². The number of allylic oxidation sites excluding steroid dienone is 4. The quantitative estimate of drug-likeness (QED) is 0.317. The standard InChI is InChI=1S/C25H36N3O6PS/c1-7-33-35(5,30)15-9-8-14-28(36(6,31)32)23-18(3)16-20-21(24(29)26-4)22(34-25(20)27-23)19-12-10-17(2)11-13-19/h10-12,16,19H,7-9,13-15H2,1-6H3,(H,26,29). The number of pyridine rings is 1. The van der Waals surface area contributed by atoms with Gasteiger partial charge in [-0.15, -0.1) is 0 Å².